The number of fused-ring (bicyclic) bond motifs is 3. The first-order valence-electron chi connectivity index (χ1n) is 6.81. The Morgan fingerprint density at radius 3 is 2.58 bits per heavy atom. The summed E-state index contributed by atoms with van der Waals surface area (Å²) in [7, 11) is 0. The smallest absolute Gasteiger partial charge is 0.199 e. The molecule has 0 aromatic heterocycles. The summed E-state index contributed by atoms with van der Waals surface area (Å²) < 4.78 is 3.58. The van der Waals surface area contributed by atoms with Crippen LogP contribution in [0, 0.1) is 0 Å². The van der Waals surface area contributed by atoms with Crippen LogP contribution in [0.2, 0.25) is 0 Å². The number of hydrogen-bond donors (Lipinski definition) is 0. The molecule has 1 aliphatic rings. The van der Waals surface area contributed by atoms with E-state index in [-0.39, 0.29) is 5.41 Å². The molecule has 0 fully saturated rings. The Labute approximate surface area is 123 Å². The fourth-order valence-electron chi connectivity index (χ4n) is 3.28. The molecule has 3 rings (SSSR count). The minimum atomic E-state index is 0.110. The largest absolute Gasteiger partial charge is 0.210 e. The standard InChI is InChI=1S/C17H19BrN/c1-5-19-11(2)17(3,4)16-14-8-7-13(18)10-12(14)6-9-15(16)19/h6-10H,5H2,1-4H3/q+1. The van der Waals surface area contributed by atoms with Gasteiger partial charge in [0.2, 0.25) is 5.69 Å². The maximum Gasteiger partial charge on any atom is 0.210 e. The Hall–Kier alpha value is -1.15. The zero-order valence-corrected chi connectivity index (χ0v) is 13.5. The Balaban J connectivity index is 2.41. The van der Waals surface area contributed by atoms with E-state index in [0.717, 1.165) is 11.0 Å². The third kappa shape index (κ3) is 1.69. The van der Waals surface area contributed by atoms with Gasteiger partial charge in [0.05, 0.1) is 5.41 Å². The monoisotopic (exact) mass is 316 g/mol. The van der Waals surface area contributed by atoms with Crippen molar-refractivity contribution >= 4 is 38.1 Å². The summed E-state index contributed by atoms with van der Waals surface area (Å²) in [5.41, 5.74) is 4.40. The highest BCUT2D eigenvalue weighted by Crippen LogP contribution is 2.43. The van der Waals surface area contributed by atoms with Crippen LogP contribution in [0.4, 0.5) is 5.69 Å². The lowest BCUT2D eigenvalue weighted by molar-refractivity contribution is -0.434. The van der Waals surface area contributed by atoms with E-state index in [1.165, 1.54) is 27.7 Å². The third-order valence-electron chi connectivity index (χ3n) is 4.50. The molecule has 0 spiro atoms. The minimum Gasteiger partial charge on any atom is -0.199 e. The van der Waals surface area contributed by atoms with Gasteiger partial charge in [-0.25, -0.2) is 0 Å². The van der Waals surface area contributed by atoms with Crippen molar-refractivity contribution in [2.24, 2.45) is 0 Å². The van der Waals surface area contributed by atoms with Crippen LogP contribution in [0.3, 0.4) is 0 Å². The fourth-order valence-corrected chi connectivity index (χ4v) is 3.66. The lowest BCUT2D eigenvalue weighted by Crippen LogP contribution is -2.26. The Morgan fingerprint density at radius 2 is 1.89 bits per heavy atom. The van der Waals surface area contributed by atoms with Gasteiger partial charge in [0, 0.05) is 23.0 Å². The number of hydrogen-bond acceptors (Lipinski definition) is 0. The zero-order valence-electron chi connectivity index (χ0n) is 11.9. The number of halogens is 1. The van der Waals surface area contributed by atoms with E-state index in [1.54, 1.807) is 0 Å². The van der Waals surface area contributed by atoms with Crippen molar-refractivity contribution < 1.29 is 4.58 Å². The molecule has 0 amide bonds. The lowest BCUT2D eigenvalue weighted by Gasteiger charge is -2.17. The second kappa shape index (κ2) is 4.17. The molecular weight excluding hydrogens is 298 g/mol. The van der Waals surface area contributed by atoms with Crippen LogP contribution in [-0.4, -0.2) is 16.8 Å². The van der Waals surface area contributed by atoms with Crippen LogP contribution < -0.4 is 0 Å². The van der Waals surface area contributed by atoms with Gasteiger partial charge in [0.1, 0.15) is 6.54 Å². The highest BCUT2D eigenvalue weighted by molar-refractivity contribution is 9.10. The van der Waals surface area contributed by atoms with Gasteiger partial charge in [-0.1, -0.05) is 22.0 Å². The summed E-state index contributed by atoms with van der Waals surface area (Å²) in [5, 5.41) is 2.69. The van der Waals surface area contributed by atoms with Crippen LogP contribution in [0.1, 0.15) is 33.3 Å². The first-order valence-corrected chi connectivity index (χ1v) is 7.60. The van der Waals surface area contributed by atoms with Gasteiger partial charge in [0.25, 0.3) is 0 Å². The molecule has 0 radical (unpaired) electrons. The Morgan fingerprint density at radius 1 is 1.16 bits per heavy atom. The van der Waals surface area contributed by atoms with E-state index in [1.807, 2.05) is 0 Å². The molecule has 19 heavy (non-hydrogen) atoms. The second-order valence-electron chi connectivity index (χ2n) is 5.78. The van der Waals surface area contributed by atoms with E-state index < -0.39 is 0 Å². The maximum atomic E-state index is 3.56. The van der Waals surface area contributed by atoms with Crippen molar-refractivity contribution in [3.8, 4) is 0 Å². The maximum absolute atomic E-state index is 3.56. The zero-order chi connectivity index (χ0) is 13.8. The summed E-state index contributed by atoms with van der Waals surface area (Å²) in [4.78, 5) is 0. The first kappa shape index (κ1) is 12.9. The van der Waals surface area contributed by atoms with Gasteiger partial charge in [0.15, 0.2) is 5.71 Å². The van der Waals surface area contributed by atoms with E-state index in [0.29, 0.717) is 0 Å². The van der Waals surface area contributed by atoms with E-state index in [2.05, 4.69) is 78.5 Å². The topological polar surface area (TPSA) is 3.01 Å². The number of benzene rings is 2. The molecule has 0 aliphatic carbocycles. The number of nitrogens with zero attached hydrogens (tertiary/aromatic N) is 1. The van der Waals surface area contributed by atoms with Crippen molar-refractivity contribution in [2.45, 2.75) is 33.1 Å². The van der Waals surface area contributed by atoms with Crippen molar-refractivity contribution in [3.63, 3.8) is 0 Å². The van der Waals surface area contributed by atoms with Crippen molar-refractivity contribution in [1.82, 2.24) is 0 Å². The van der Waals surface area contributed by atoms with Crippen LogP contribution >= 0.6 is 15.9 Å². The summed E-state index contributed by atoms with van der Waals surface area (Å²) >= 11 is 3.56. The first-order chi connectivity index (χ1) is 8.96. The summed E-state index contributed by atoms with van der Waals surface area (Å²) in [6.07, 6.45) is 0. The van der Waals surface area contributed by atoms with Gasteiger partial charge >= 0.3 is 0 Å². The molecule has 2 aromatic rings. The SMILES string of the molecule is CC[N+]1=C(C)C(C)(C)c2c1ccc1cc(Br)ccc21. The molecule has 2 aromatic carbocycles. The van der Waals surface area contributed by atoms with E-state index >= 15 is 0 Å². The van der Waals surface area contributed by atoms with Gasteiger partial charge in [-0.05, 0) is 49.7 Å². The lowest BCUT2D eigenvalue weighted by atomic mass is 9.80. The fraction of sp³-hybridized carbons (Fsp3) is 0.353. The molecule has 1 nitrogen and oxygen atoms in total. The van der Waals surface area contributed by atoms with Crippen LogP contribution in [0.5, 0.6) is 0 Å². The van der Waals surface area contributed by atoms with Gasteiger partial charge in [-0.15, -0.1) is 0 Å². The average molecular weight is 317 g/mol. The normalized spacial score (nSPS) is 17.1. The molecule has 0 saturated carbocycles. The summed E-state index contributed by atoms with van der Waals surface area (Å²) in [6, 6.07) is 11.1. The van der Waals surface area contributed by atoms with Crippen LogP contribution in [0.15, 0.2) is 34.8 Å². The molecule has 1 aliphatic heterocycles. The Bertz CT molecular complexity index is 711. The molecule has 2 heteroatoms. The Kier molecular flexibility index (Phi) is 2.82. The molecule has 0 unspecified atom stereocenters. The molecule has 0 N–H and O–H groups in total. The van der Waals surface area contributed by atoms with Crippen molar-refractivity contribution in [1.29, 1.82) is 0 Å². The van der Waals surface area contributed by atoms with E-state index in [4.69, 9.17) is 0 Å². The highest BCUT2D eigenvalue weighted by Gasteiger charge is 2.43. The predicted molar refractivity (Wildman–Crippen MR) is 85.8 cm³/mol. The number of rotatable bonds is 1. The molecule has 1 heterocycles. The molecule has 98 valence electrons. The predicted octanol–water partition coefficient (Wildman–Crippen LogP) is 5.02. The molecule has 0 atom stereocenters. The van der Waals surface area contributed by atoms with Crippen LogP contribution in [-0.2, 0) is 5.41 Å². The van der Waals surface area contributed by atoms with E-state index in [9.17, 15) is 0 Å². The van der Waals surface area contributed by atoms with Gasteiger partial charge in [-0.2, -0.15) is 4.58 Å². The average Bonchev–Trinajstić information content (AvgIpc) is 2.57. The summed E-state index contributed by atoms with van der Waals surface area (Å²) in [6.45, 7) is 10.2. The van der Waals surface area contributed by atoms with Crippen molar-refractivity contribution in [3.05, 3.63) is 40.4 Å². The molecular formula is C17H19BrN+. The quantitative estimate of drug-likeness (QED) is 0.650. The van der Waals surface area contributed by atoms with Gasteiger partial charge < -0.3 is 0 Å². The molecule has 0 bridgehead atoms. The van der Waals surface area contributed by atoms with Crippen molar-refractivity contribution in [2.75, 3.05) is 6.54 Å². The second-order valence-corrected chi connectivity index (χ2v) is 6.70. The van der Waals surface area contributed by atoms with Gasteiger partial charge in [-0.3, -0.25) is 0 Å². The highest BCUT2D eigenvalue weighted by atomic mass is 79.9. The summed E-state index contributed by atoms with van der Waals surface area (Å²) in [5.74, 6) is 0. The molecule has 0 saturated heterocycles. The third-order valence-corrected chi connectivity index (χ3v) is 4.99. The minimum absolute atomic E-state index is 0.110. The van der Waals surface area contributed by atoms with Crippen LogP contribution in [0.25, 0.3) is 10.8 Å².